The van der Waals surface area contributed by atoms with Crippen LogP contribution in [0.25, 0.3) is 0 Å². The lowest BCUT2D eigenvalue weighted by Crippen LogP contribution is -2.31. The van der Waals surface area contributed by atoms with E-state index in [1.807, 2.05) is 24.3 Å². The highest BCUT2D eigenvalue weighted by atomic mass is 35.5. The van der Waals surface area contributed by atoms with Crippen molar-refractivity contribution < 1.29 is 0 Å². The Bertz CT molecular complexity index is 570. The fraction of sp³-hybridized carbons (Fsp3) is 0.333. The van der Waals surface area contributed by atoms with Gasteiger partial charge in [-0.1, -0.05) is 48.0 Å². The molecule has 1 aliphatic heterocycles. The first-order valence-electron chi connectivity index (χ1n) is 7.60. The van der Waals surface area contributed by atoms with E-state index in [0.29, 0.717) is 0 Å². The maximum atomic E-state index is 6.16. The summed E-state index contributed by atoms with van der Waals surface area (Å²) in [7, 11) is 0. The predicted octanol–water partition coefficient (Wildman–Crippen LogP) is 3.85. The van der Waals surface area contributed by atoms with Gasteiger partial charge in [-0.2, -0.15) is 0 Å². The summed E-state index contributed by atoms with van der Waals surface area (Å²) >= 11 is 6.16. The van der Waals surface area contributed by atoms with Gasteiger partial charge in [0.15, 0.2) is 0 Å². The van der Waals surface area contributed by atoms with E-state index in [1.165, 1.54) is 11.1 Å². The number of hydrogen-bond donors (Lipinski definition) is 1. The summed E-state index contributed by atoms with van der Waals surface area (Å²) in [6.07, 6.45) is 2.31. The molecule has 0 saturated carbocycles. The highest BCUT2D eigenvalue weighted by molar-refractivity contribution is 6.33. The monoisotopic (exact) mass is 300 g/mol. The van der Waals surface area contributed by atoms with E-state index in [-0.39, 0.29) is 0 Å². The van der Waals surface area contributed by atoms with E-state index in [1.54, 1.807) is 0 Å². The van der Waals surface area contributed by atoms with Gasteiger partial charge in [0.05, 0.1) is 10.7 Å². The minimum Gasteiger partial charge on any atom is -0.383 e. The summed E-state index contributed by atoms with van der Waals surface area (Å²) in [5, 5.41) is 4.22. The van der Waals surface area contributed by atoms with Crippen LogP contribution >= 0.6 is 11.6 Å². The van der Waals surface area contributed by atoms with Crippen LogP contribution in [0.1, 0.15) is 11.1 Å². The Morgan fingerprint density at radius 3 is 2.19 bits per heavy atom. The van der Waals surface area contributed by atoms with Crippen molar-refractivity contribution in [3.05, 3.63) is 64.7 Å². The highest BCUT2D eigenvalue weighted by Crippen LogP contribution is 2.20. The van der Waals surface area contributed by atoms with E-state index in [4.69, 9.17) is 11.6 Å². The van der Waals surface area contributed by atoms with Crippen LogP contribution in [0.15, 0.2) is 48.5 Å². The molecule has 0 atom stereocenters. The molecule has 2 nitrogen and oxygen atoms in total. The fourth-order valence-electron chi connectivity index (χ4n) is 2.89. The molecule has 2 aromatic carbocycles. The molecule has 3 heteroatoms. The maximum Gasteiger partial charge on any atom is 0.0637 e. The molecule has 0 unspecified atom stereocenters. The van der Waals surface area contributed by atoms with Crippen LogP contribution in [-0.2, 0) is 12.8 Å². The van der Waals surface area contributed by atoms with E-state index >= 15 is 0 Å². The van der Waals surface area contributed by atoms with Crippen molar-refractivity contribution in [3.63, 3.8) is 0 Å². The average Bonchev–Trinajstić information content (AvgIpc) is 2.72. The molecule has 0 fully saturated rings. The quantitative estimate of drug-likeness (QED) is 0.922. The first-order valence-corrected chi connectivity index (χ1v) is 7.98. The van der Waals surface area contributed by atoms with Crippen molar-refractivity contribution in [2.45, 2.75) is 12.8 Å². The first kappa shape index (κ1) is 14.4. The molecule has 0 saturated heterocycles. The van der Waals surface area contributed by atoms with Gasteiger partial charge in [0.1, 0.15) is 0 Å². The lowest BCUT2D eigenvalue weighted by atomic mass is 10.0. The molecule has 0 spiro atoms. The van der Waals surface area contributed by atoms with Gasteiger partial charge in [0, 0.05) is 26.2 Å². The minimum absolute atomic E-state index is 0.792. The Morgan fingerprint density at radius 2 is 1.52 bits per heavy atom. The van der Waals surface area contributed by atoms with Crippen LogP contribution in [0.3, 0.4) is 0 Å². The second-order valence-corrected chi connectivity index (χ2v) is 5.92. The Kier molecular flexibility index (Phi) is 4.79. The lowest BCUT2D eigenvalue weighted by molar-refractivity contribution is 0.298. The largest absolute Gasteiger partial charge is 0.383 e. The van der Waals surface area contributed by atoms with Gasteiger partial charge >= 0.3 is 0 Å². The number of benzene rings is 2. The Balaban J connectivity index is 1.50. The average molecular weight is 301 g/mol. The molecule has 1 aliphatic rings. The SMILES string of the molecule is Clc1ccccc1NCCN1CCc2ccccc2CC1. The molecule has 0 aromatic heterocycles. The maximum absolute atomic E-state index is 6.16. The molecule has 0 bridgehead atoms. The van der Waals surface area contributed by atoms with Crippen molar-refractivity contribution in [2.24, 2.45) is 0 Å². The Hall–Kier alpha value is -1.51. The van der Waals surface area contributed by atoms with Crippen LogP contribution in [0.2, 0.25) is 5.02 Å². The van der Waals surface area contributed by atoms with E-state index in [2.05, 4.69) is 34.5 Å². The number of rotatable bonds is 4. The molecule has 0 aliphatic carbocycles. The van der Waals surface area contributed by atoms with Crippen molar-refractivity contribution in [1.29, 1.82) is 0 Å². The predicted molar refractivity (Wildman–Crippen MR) is 90.2 cm³/mol. The zero-order chi connectivity index (χ0) is 14.5. The number of nitrogens with one attached hydrogen (secondary N) is 1. The van der Waals surface area contributed by atoms with Gasteiger partial charge in [-0.25, -0.2) is 0 Å². The van der Waals surface area contributed by atoms with Crippen LogP contribution < -0.4 is 5.32 Å². The van der Waals surface area contributed by atoms with Crippen molar-refractivity contribution >= 4 is 17.3 Å². The molecule has 1 heterocycles. The Morgan fingerprint density at radius 1 is 0.905 bits per heavy atom. The third kappa shape index (κ3) is 3.78. The number of halogens is 1. The molecular formula is C18H21ClN2. The van der Waals surface area contributed by atoms with Gasteiger partial charge in [0.2, 0.25) is 0 Å². The zero-order valence-corrected chi connectivity index (χ0v) is 12.9. The number of nitrogens with zero attached hydrogens (tertiary/aromatic N) is 1. The molecule has 0 amide bonds. The van der Waals surface area contributed by atoms with Gasteiger partial charge in [-0.15, -0.1) is 0 Å². The first-order chi connectivity index (χ1) is 10.3. The van der Waals surface area contributed by atoms with E-state index in [0.717, 1.165) is 49.7 Å². The topological polar surface area (TPSA) is 15.3 Å². The normalized spacial score (nSPS) is 15.3. The van der Waals surface area contributed by atoms with Gasteiger partial charge in [-0.05, 0) is 36.1 Å². The lowest BCUT2D eigenvalue weighted by Gasteiger charge is -2.20. The summed E-state index contributed by atoms with van der Waals surface area (Å²) in [5.41, 5.74) is 4.05. The van der Waals surface area contributed by atoms with E-state index < -0.39 is 0 Å². The summed E-state index contributed by atoms with van der Waals surface area (Å²) in [6, 6.07) is 16.7. The van der Waals surface area contributed by atoms with Crippen LogP contribution in [0.5, 0.6) is 0 Å². The highest BCUT2D eigenvalue weighted by Gasteiger charge is 2.12. The molecular weight excluding hydrogens is 280 g/mol. The summed E-state index contributed by atoms with van der Waals surface area (Å²) in [6.45, 7) is 4.27. The molecule has 2 aromatic rings. The van der Waals surface area contributed by atoms with Crippen molar-refractivity contribution in [2.75, 3.05) is 31.5 Å². The second-order valence-electron chi connectivity index (χ2n) is 5.52. The second kappa shape index (κ2) is 6.97. The number of para-hydroxylation sites is 1. The van der Waals surface area contributed by atoms with Gasteiger partial charge in [0.25, 0.3) is 0 Å². The molecule has 3 rings (SSSR count). The van der Waals surface area contributed by atoms with Crippen LogP contribution in [0.4, 0.5) is 5.69 Å². The fourth-order valence-corrected chi connectivity index (χ4v) is 3.09. The van der Waals surface area contributed by atoms with Crippen molar-refractivity contribution in [1.82, 2.24) is 4.90 Å². The smallest absolute Gasteiger partial charge is 0.0637 e. The Labute approximate surface area is 131 Å². The molecule has 1 N–H and O–H groups in total. The number of hydrogen-bond acceptors (Lipinski definition) is 2. The van der Waals surface area contributed by atoms with Crippen LogP contribution in [0, 0.1) is 0 Å². The van der Waals surface area contributed by atoms with Crippen molar-refractivity contribution in [3.8, 4) is 0 Å². The molecule has 21 heavy (non-hydrogen) atoms. The summed E-state index contributed by atoms with van der Waals surface area (Å²) < 4.78 is 0. The standard InChI is InChI=1S/C18H21ClN2/c19-17-7-3-4-8-18(17)20-11-14-21-12-9-15-5-1-2-6-16(15)10-13-21/h1-8,20H,9-14H2. The zero-order valence-electron chi connectivity index (χ0n) is 12.2. The third-order valence-corrected chi connectivity index (χ3v) is 4.46. The summed E-state index contributed by atoms with van der Waals surface area (Å²) in [4.78, 5) is 2.53. The molecule has 110 valence electrons. The van der Waals surface area contributed by atoms with Gasteiger partial charge < -0.3 is 10.2 Å². The minimum atomic E-state index is 0.792. The molecule has 0 radical (unpaired) electrons. The van der Waals surface area contributed by atoms with E-state index in [9.17, 15) is 0 Å². The summed E-state index contributed by atoms with van der Waals surface area (Å²) in [5.74, 6) is 0. The number of anilines is 1. The van der Waals surface area contributed by atoms with Crippen LogP contribution in [-0.4, -0.2) is 31.1 Å². The third-order valence-electron chi connectivity index (χ3n) is 4.13. The van der Waals surface area contributed by atoms with Gasteiger partial charge in [-0.3, -0.25) is 0 Å². The number of fused-ring (bicyclic) bond motifs is 1.